The molecule has 0 saturated carbocycles. The number of carbonyl (C=O) groups excluding carboxylic acids is 1. The maximum absolute atomic E-state index is 12.1. The first-order chi connectivity index (χ1) is 10.1. The van der Waals surface area contributed by atoms with E-state index in [9.17, 15) is 4.79 Å². The van der Waals surface area contributed by atoms with E-state index in [1.165, 1.54) is 6.08 Å². The number of aryl methyl sites for hydroxylation is 1. The number of ketones is 1. The second-order valence-electron chi connectivity index (χ2n) is 5.02. The van der Waals surface area contributed by atoms with Gasteiger partial charge in [-0.2, -0.15) is 0 Å². The quantitative estimate of drug-likeness (QED) is 0.443. The summed E-state index contributed by atoms with van der Waals surface area (Å²) in [4.78, 5) is 12.1. The van der Waals surface area contributed by atoms with E-state index >= 15 is 0 Å². The van der Waals surface area contributed by atoms with Crippen molar-refractivity contribution >= 4 is 28.5 Å². The van der Waals surface area contributed by atoms with Crippen LogP contribution in [0, 0.1) is 6.92 Å². The molecule has 3 aromatic rings. The lowest BCUT2D eigenvalue weighted by Crippen LogP contribution is -1.90. The Hall–Kier alpha value is -2.81. The Morgan fingerprint density at radius 1 is 1.10 bits per heavy atom. The summed E-state index contributed by atoms with van der Waals surface area (Å²) >= 11 is 0. The van der Waals surface area contributed by atoms with E-state index in [1.54, 1.807) is 24.3 Å². The van der Waals surface area contributed by atoms with Gasteiger partial charge in [-0.1, -0.05) is 29.8 Å². The first-order valence-electron chi connectivity index (χ1n) is 6.70. The van der Waals surface area contributed by atoms with Crippen LogP contribution >= 0.6 is 0 Å². The molecule has 0 bridgehead atoms. The first kappa shape index (κ1) is 13.2. The van der Waals surface area contributed by atoms with Crippen molar-refractivity contribution in [3.05, 3.63) is 71.5 Å². The fourth-order valence-electron chi connectivity index (χ4n) is 2.15. The highest BCUT2D eigenvalue weighted by atomic mass is 16.3. The molecule has 0 unspecified atom stereocenters. The summed E-state index contributed by atoms with van der Waals surface area (Å²) in [5.41, 5.74) is 9.11. The predicted octanol–water partition coefficient (Wildman–Crippen LogP) is 4.22. The number of carbonyl (C=O) groups is 1. The van der Waals surface area contributed by atoms with Crippen LogP contribution in [0.2, 0.25) is 0 Å². The molecule has 0 saturated heterocycles. The molecule has 104 valence electrons. The Balaban J connectivity index is 1.84. The number of rotatable bonds is 3. The zero-order valence-corrected chi connectivity index (χ0v) is 11.7. The Labute approximate surface area is 122 Å². The second kappa shape index (κ2) is 5.29. The molecule has 3 heteroatoms. The number of hydrogen-bond acceptors (Lipinski definition) is 3. The molecule has 0 amide bonds. The van der Waals surface area contributed by atoms with Crippen LogP contribution in [0.3, 0.4) is 0 Å². The summed E-state index contributed by atoms with van der Waals surface area (Å²) in [5.74, 6) is 0.197. The van der Waals surface area contributed by atoms with Crippen LogP contribution in [0.15, 0.2) is 59.0 Å². The van der Waals surface area contributed by atoms with Crippen LogP contribution in [0.1, 0.15) is 21.7 Å². The van der Waals surface area contributed by atoms with Crippen LogP contribution in [0.5, 0.6) is 0 Å². The third-order valence-electron chi connectivity index (χ3n) is 3.28. The van der Waals surface area contributed by atoms with Gasteiger partial charge in [0.05, 0.1) is 0 Å². The average Bonchev–Trinajstić information content (AvgIpc) is 2.89. The van der Waals surface area contributed by atoms with Gasteiger partial charge in [0.15, 0.2) is 5.76 Å². The molecule has 0 spiro atoms. The highest BCUT2D eigenvalue weighted by Gasteiger charge is 2.09. The Bertz CT molecular complexity index is 826. The molecule has 2 aromatic carbocycles. The molecule has 3 rings (SSSR count). The average molecular weight is 277 g/mol. The fraction of sp³-hybridized carbons (Fsp3) is 0.0556. The molecule has 2 N–H and O–H groups in total. The Kier molecular flexibility index (Phi) is 3.32. The number of nitrogen functional groups attached to an aromatic ring is 1. The van der Waals surface area contributed by atoms with Crippen molar-refractivity contribution in [3.8, 4) is 0 Å². The number of fused-ring (bicyclic) bond motifs is 1. The van der Waals surface area contributed by atoms with Crippen molar-refractivity contribution in [3.63, 3.8) is 0 Å². The van der Waals surface area contributed by atoms with Gasteiger partial charge in [-0.05, 0) is 48.9 Å². The van der Waals surface area contributed by atoms with Crippen molar-refractivity contribution in [2.75, 3.05) is 5.73 Å². The van der Waals surface area contributed by atoms with Crippen LogP contribution in [-0.4, -0.2) is 5.78 Å². The zero-order valence-electron chi connectivity index (χ0n) is 11.7. The van der Waals surface area contributed by atoms with Gasteiger partial charge in [-0.3, -0.25) is 4.79 Å². The summed E-state index contributed by atoms with van der Waals surface area (Å²) in [6, 6.07) is 14.9. The van der Waals surface area contributed by atoms with E-state index in [2.05, 4.69) is 0 Å². The molecule has 0 aliphatic rings. The van der Waals surface area contributed by atoms with E-state index in [-0.39, 0.29) is 5.78 Å². The van der Waals surface area contributed by atoms with Gasteiger partial charge in [0.1, 0.15) is 5.58 Å². The Morgan fingerprint density at radius 2 is 1.86 bits per heavy atom. The minimum absolute atomic E-state index is 0.152. The number of hydrogen-bond donors (Lipinski definition) is 1. The highest BCUT2D eigenvalue weighted by Crippen LogP contribution is 2.21. The lowest BCUT2D eigenvalue weighted by molar-refractivity contribution is 0.102. The standard InChI is InChI=1S/C18H15NO2/c1-12-2-9-17-14(10-12)11-18(21-17)16(20)8-5-13-3-6-15(19)7-4-13/h2-11H,19H2,1H3/b8-5+. The second-order valence-corrected chi connectivity index (χ2v) is 5.02. The maximum Gasteiger partial charge on any atom is 0.221 e. The monoisotopic (exact) mass is 277 g/mol. The molecule has 0 fully saturated rings. The SMILES string of the molecule is Cc1ccc2oc(C(=O)/C=C/c3ccc(N)cc3)cc2c1. The Morgan fingerprint density at radius 3 is 2.62 bits per heavy atom. The lowest BCUT2D eigenvalue weighted by atomic mass is 10.1. The molecule has 0 atom stereocenters. The predicted molar refractivity (Wildman–Crippen MR) is 85.2 cm³/mol. The third kappa shape index (κ3) is 2.87. The van der Waals surface area contributed by atoms with Crippen LogP contribution in [0.25, 0.3) is 17.0 Å². The molecular formula is C18H15NO2. The summed E-state index contributed by atoms with van der Waals surface area (Å²) < 4.78 is 5.57. The minimum Gasteiger partial charge on any atom is -0.453 e. The first-order valence-corrected chi connectivity index (χ1v) is 6.70. The van der Waals surface area contributed by atoms with Gasteiger partial charge < -0.3 is 10.2 Å². The van der Waals surface area contributed by atoms with E-state index in [1.807, 2.05) is 37.3 Å². The smallest absolute Gasteiger partial charge is 0.221 e. The molecule has 21 heavy (non-hydrogen) atoms. The number of anilines is 1. The summed E-state index contributed by atoms with van der Waals surface area (Å²) in [6.07, 6.45) is 3.26. The van der Waals surface area contributed by atoms with Crippen LogP contribution < -0.4 is 5.73 Å². The summed E-state index contributed by atoms with van der Waals surface area (Å²) in [6.45, 7) is 2.01. The summed E-state index contributed by atoms with van der Waals surface area (Å²) in [7, 11) is 0. The van der Waals surface area contributed by atoms with Gasteiger partial charge in [-0.25, -0.2) is 0 Å². The highest BCUT2D eigenvalue weighted by molar-refractivity contribution is 6.07. The van der Waals surface area contributed by atoms with Crippen molar-refractivity contribution < 1.29 is 9.21 Å². The van der Waals surface area contributed by atoms with Crippen LogP contribution in [-0.2, 0) is 0 Å². The fourth-order valence-corrected chi connectivity index (χ4v) is 2.15. The molecule has 3 nitrogen and oxygen atoms in total. The van der Waals surface area contributed by atoms with E-state index < -0.39 is 0 Å². The molecule has 0 aliphatic carbocycles. The lowest BCUT2D eigenvalue weighted by Gasteiger charge is -1.94. The van der Waals surface area contributed by atoms with Crippen molar-refractivity contribution in [1.29, 1.82) is 0 Å². The summed E-state index contributed by atoms with van der Waals surface area (Å²) in [5, 5.41) is 0.944. The van der Waals surface area contributed by atoms with E-state index in [0.717, 1.165) is 22.1 Å². The van der Waals surface area contributed by atoms with Gasteiger partial charge in [0.2, 0.25) is 5.78 Å². The number of allylic oxidation sites excluding steroid dienone is 1. The van der Waals surface area contributed by atoms with Crippen molar-refractivity contribution in [1.82, 2.24) is 0 Å². The molecular weight excluding hydrogens is 262 g/mol. The molecule has 1 aromatic heterocycles. The van der Waals surface area contributed by atoms with Gasteiger partial charge in [0.25, 0.3) is 0 Å². The normalized spacial score (nSPS) is 11.3. The van der Waals surface area contributed by atoms with Crippen molar-refractivity contribution in [2.24, 2.45) is 0 Å². The third-order valence-corrected chi connectivity index (χ3v) is 3.28. The van der Waals surface area contributed by atoms with E-state index in [0.29, 0.717) is 11.4 Å². The zero-order chi connectivity index (χ0) is 14.8. The largest absolute Gasteiger partial charge is 0.453 e. The van der Waals surface area contributed by atoms with Gasteiger partial charge >= 0.3 is 0 Å². The molecule has 0 radical (unpaired) electrons. The van der Waals surface area contributed by atoms with Gasteiger partial charge in [-0.15, -0.1) is 0 Å². The van der Waals surface area contributed by atoms with E-state index in [4.69, 9.17) is 10.2 Å². The topological polar surface area (TPSA) is 56.2 Å². The number of nitrogens with two attached hydrogens (primary N) is 1. The number of benzene rings is 2. The molecule has 0 aliphatic heterocycles. The van der Waals surface area contributed by atoms with Gasteiger partial charge in [0, 0.05) is 11.1 Å². The molecule has 1 heterocycles. The minimum atomic E-state index is -0.152. The van der Waals surface area contributed by atoms with Crippen molar-refractivity contribution in [2.45, 2.75) is 6.92 Å². The van der Waals surface area contributed by atoms with Crippen LogP contribution in [0.4, 0.5) is 5.69 Å². The maximum atomic E-state index is 12.1. The number of furan rings is 1.